The maximum absolute atomic E-state index is 10.6. The Morgan fingerprint density at radius 3 is 2.07 bits per heavy atom. The average Bonchev–Trinajstić information content (AvgIpc) is 2.03. The van der Waals surface area contributed by atoms with Gasteiger partial charge < -0.3 is 2.85 Å². The molecule has 1 N–H and O–H groups in total. The molecular weight excluding hydrogens is 226 g/mol. The smallest absolute Gasteiger partial charge is 1.00 e. The van der Waals surface area contributed by atoms with Crippen molar-refractivity contribution in [2.45, 2.75) is 4.90 Å². The van der Waals surface area contributed by atoms with Gasteiger partial charge in [0.2, 0.25) is 0 Å². The Kier molecular flexibility index (Phi) is 8.77. The summed E-state index contributed by atoms with van der Waals surface area (Å²) in [5.74, 6) is 0. The number of hydrogen-bond acceptors (Lipinski definition) is 3. The monoisotopic (exact) mass is 234 g/mol. The first-order valence-electron chi connectivity index (χ1n) is 3.07. The average molecular weight is 234 g/mol. The minimum Gasteiger partial charge on any atom is -1.00 e. The molecule has 1 rings (SSSR count). The third-order valence-electron chi connectivity index (χ3n) is 1.32. The summed E-state index contributed by atoms with van der Waals surface area (Å²) in [4.78, 5) is 9.94. The summed E-state index contributed by atoms with van der Waals surface area (Å²) in [6.45, 7) is 0. The predicted octanol–water partition coefficient (Wildman–Crippen LogP) is -5.02. The summed E-state index contributed by atoms with van der Waals surface area (Å²) in [5.41, 5.74) is -0.0417. The van der Waals surface area contributed by atoms with Crippen LogP contribution in [0.1, 0.15) is 13.2 Å². The molecule has 0 heterocycles. The molecule has 0 aromatic heterocycles. The number of carbonyl (C=O) groups excluding carboxylic acids is 1. The van der Waals surface area contributed by atoms with E-state index in [4.69, 9.17) is 4.55 Å². The molecule has 0 bridgehead atoms. The van der Waals surface area contributed by atoms with Gasteiger partial charge in [0.1, 0.15) is 4.90 Å². The van der Waals surface area contributed by atoms with Crippen LogP contribution in [0.15, 0.2) is 29.2 Å². The van der Waals surface area contributed by atoms with Crippen LogP contribution in [0.5, 0.6) is 0 Å². The Morgan fingerprint density at radius 1 is 1.21 bits per heavy atom. The molecule has 0 atom stereocenters. The second kappa shape index (κ2) is 7.14. The van der Waals surface area contributed by atoms with Crippen molar-refractivity contribution < 1.29 is 79.7 Å². The number of carbonyl (C=O) groups is 1. The quantitative estimate of drug-likeness (QED) is 0.316. The summed E-state index contributed by atoms with van der Waals surface area (Å²) in [6.07, 6.45) is 0.378. The predicted molar refractivity (Wildman–Crippen MR) is 43.9 cm³/mol. The minimum atomic E-state index is -4.28. The van der Waals surface area contributed by atoms with Gasteiger partial charge in [-0.2, -0.15) is 8.42 Å². The minimum absolute atomic E-state index is 0. The van der Waals surface area contributed by atoms with Crippen LogP contribution in [0.2, 0.25) is 0 Å². The standard InChI is InChI=1S/C7H6O4S.2Na.2H/c8-5-6-3-1-2-4-7(6)12(9,10)11;;;;/h1-5H,(H,9,10,11);;;;/q;2*+1;2*-1. The van der Waals surface area contributed by atoms with E-state index in [1.807, 2.05) is 0 Å². The third-order valence-corrected chi connectivity index (χ3v) is 2.25. The van der Waals surface area contributed by atoms with Crippen molar-refractivity contribution >= 4 is 16.4 Å². The van der Waals surface area contributed by atoms with Crippen molar-refractivity contribution in [3.8, 4) is 0 Å². The van der Waals surface area contributed by atoms with Gasteiger partial charge in [0.05, 0.1) is 0 Å². The van der Waals surface area contributed by atoms with E-state index in [-0.39, 0.29) is 72.4 Å². The second-order valence-corrected chi connectivity index (χ2v) is 3.52. The largest absolute Gasteiger partial charge is 1.00 e. The van der Waals surface area contributed by atoms with Gasteiger partial charge in [0.25, 0.3) is 10.1 Å². The molecule has 0 unspecified atom stereocenters. The van der Waals surface area contributed by atoms with Gasteiger partial charge in [-0.25, -0.2) is 0 Å². The molecule has 7 heteroatoms. The van der Waals surface area contributed by atoms with E-state index in [0.29, 0.717) is 6.29 Å². The molecule has 68 valence electrons. The molecule has 0 saturated carbocycles. The van der Waals surface area contributed by atoms with E-state index in [2.05, 4.69) is 0 Å². The number of benzene rings is 1. The van der Waals surface area contributed by atoms with Gasteiger partial charge in [0.15, 0.2) is 6.29 Å². The topological polar surface area (TPSA) is 71.4 Å². The second-order valence-electron chi connectivity index (χ2n) is 2.13. The van der Waals surface area contributed by atoms with Crippen LogP contribution < -0.4 is 59.1 Å². The molecular formula is C7H8Na2O4S. The zero-order valence-electron chi connectivity index (χ0n) is 9.97. The van der Waals surface area contributed by atoms with Gasteiger partial charge in [-0.1, -0.05) is 18.2 Å². The van der Waals surface area contributed by atoms with Crippen molar-refractivity contribution in [2.75, 3.05) is 0 Å². The van der Waals surface area contributed by atoms with Gasteiger partial charge in [0, 0.05) is 5.56 Å². The third kappa shape index (κ3) is 4.55. The van der Waals surface area contributed by atoms with Crippen LogP contribution in [0, 0.1) is 0 Å². The summed E-state index contributed by atoms with van der Waals surface area (Å²) >= 11 is 0. The summed E-state index contributed by atoms with van der Waals surface area (Å²) in [5, 5.41) is 0. The van der Waals surface area contributed by atoms with Crippen molar-refractivity contribution in [3.63, 3.8) is 0 Å². The molecule has 0 fully saturated rings. The first kappa shape index (κ1) is 17.2. The Hall–Kier alpha value is 0.800. The maximum atomic E-state index is 10.6. The Balaban J connectivity index is -0.000000180. The van der Waals surface area contributed by atoms with Gasteiger partial charge >= 0.3 is 59.1 Å². The maximum Gasteiger partial charge on any atom is 1.00 e. The van der Waals surface area contributed by atoms with E-state index in [9.17, 15) is 13.2 Å². The van der Waals surface area contributed by atoms with Crippen LogP contribution in [0.25, 0.3) is 0 Å². The molecule has 14 heavy (non-hydrogen) atoms. The zero-order valence-corrected chi connectivity index (χ0v) is 12.8. The van der Waals surface area contributed by atoms with Gasteiger partial charge in [-0.05, 0) is 6.07 Å². The van der Waals surface area contributed by atoms with E-state index in [0.717, 1.165) is 0 Å². The van der Waals surface area contributed by atoms with Gasteiger partial charge in [-0.3, -0.25) is 9.35 Å². The summed E-state index contributed by atoms with van der Waals surface area (Å²) < 4.78 is 29.8. The fraction of sp³-hybridized carbons (Fsp3) is 0. The number of aldehydes is 1. The molecule has 0 aliphatic carbocycles. The molecule has 1 aromatic rings. The van der Waals surface area contributed by atoms with Crippen molar-refractivity contribution in [3.05, 3.63) is 29.8 Å². The molecule has 4 nitrogen and oxygen atoms in total. The van der Waals surface area contributed by atoms with Crippen LogP contribution in [-0.4, -0.2) is 19.3 Å². The van der Waals surface area contributed by atoms with E-state index in [1.54, 1.807) is 0 Å². The molecule has 1 aromatic carbocycles. The van der Waals surface area contributed by atoms with Crippen molar-refractivity contribution in [1.29, 1.82) is 0 Å². The van der Waals surface area contributed by atoms with Crippen LogP contribution in [-0.2, 0) is 10.1 Å². The number of hydrogen-bond donors (Lipinski definition) is 1. The zero-order chi connectivity index (χ0) is 9.19. The Labute approximate surface area is 129 Å². The molecule has 0 aliphatic heterocycles. The molecule has 0 aliphatic rings. The fourth-order valence-electron chi connectivity index (χ4n) is 0.813. The SMILES string of the molecule is O=Cc1ccccc1S(=O)(=O)O.[H-].[H-].[Na+].[Na+]. The van der Waals surface area contributed by atoms with Crippen LogP contribution in [0.4, 0.5) is 0 Å². The first-order chi connectivity index (χ1) is 5.55. The van der Waals surface area contributed by atoms with Crippen LogP contribution in [0.3, 0.4) is 0 Å². The van der Waals surface area contributed by atoms with E-state index >= 15 is 0 Å². The molecule has 0 amide bonds. The molecule has 0 saturated heterocycles. The van der Waals surface area contributed by atoms with Crippen molar-refractivity contribution in [2.24, 2.45) is 0 Å². The molecule has 0 spiro atoms. The van der Waals surface area contributed by atoms with Crippen LogP contribution >= 0.6 is 0 Å². The molecule has 0 radical (unpaired) electrons. The summed E-state index contributed by atoms with van der Waals surface area (Å²) in [7, 11) is -4.28. The summed E-state index contributed by atoms with van der Waals surface area (Å²) in [6, 6.07) is 5.42. The Bertz CT molecular complexity index is 411. The normalized spacial score (nSPS) is 9.50. The van der Waals surface area contributed by atoms with E-state index < -0.39 is 10.1 Å². The first-order valence-corrected chi connectivity index (χ1v) is 4.51. The van der Waals surface area contributed by atoms with Crippen molar-refractivity contribution in [1.82, 2.24) is 0 Å². The number of rotatable bonds is 2. The Morgan fingerprint density at radius 2 is 1.71 bits per heavy atom. The van der Waals surface area contributed by atoms with Gasteiger partial charge in [-0.15, -0.1) is 0 Å². The fourth-order valence-corrected chi connectivity index (χ4v) is 1.48. The van der Waals surface area contributed by atoms with E-state index in [1.165, 1.54) is 24.3 Å².